The molecule has 4 nitrogen and oxygen atoms in total. The summed E-state index contributed by atoms with van der Waals surface area (Å²) in [5.74, 6) is 0.158. The van der Waals surface area contributed by atoms with Crippen molar-refractivity contribution in [3.8, 4) is 0 Å². The number of fused-ring (bicyclic) bond motifs is 1. The molecule has 1 amide bonds. The third kappa shape index (κ3) is 3.68. The van der Waals surface area contributed by atoms with Crippen molar-refractivity contribution in [3.05, 3.63) is 48.0 Å². The van der Waals surface area contributed by atoms with Crippen LogP contribution < -0.4 is 5.32 Å². The molecule has 1 N–H and O–H groups in total. The van der Waals surface area contributed by atoms with Crippen LogP contribution in [0.1, 0.15) is 16.8 Å². The van der Waals surface area contributed by atoms with Gasteiger partial charge in [0.05, 0.1) is 0 Å². The lowest BCUT2D eigenvalue weighted by Crippen LogP contribution is -2.51. The van der Waals surface area contributed by atoms with Gasteiger partial charge in [0, 0.05) is 56.1 Å². The van der Waals surface area contributed by atoms with E-state index in [0.29, 0.717) is 11.3 Å². The van der Waals surface area contributed by atoms with Gasteiger partial charge in [-0.15, -0.1) is 0 Å². The van der Waals surface area contributed by atoms with Crippen molar-refractivity contribution < 1.29 is 4.79 Å². The first-order valence-corrected chi connectivity index (χ1v) is 9.63. The zero-order valence-corrected chi connectivity index (χ0v) is 15.3. The van der Waals surface area contributed by atoms with Crippen molar-refractivity contribution in [2.75, 3.05) is 39.3 Å². The minimum atomic E-state index is 0.158. The number of benzene rings is 2. The van der Waals surface area contributed by atoms with Gasteiger partial charge in [-0.3, -0.25) is 9.69 Å². The van der Waals surface area contributed by atoms with Crippen molar-refractivity contribution in [3.63, 3.8) is 0 Å². The first-order chi connectivity index (χ1) is 12.2. The van der Waals surface area contributed by atoms with Crippen LogP contribution in [0.2, 0.25) is 0 Å². The lowest BCUT2D eigenvalue weighted by atomic mass is 10.0. The molecule has 2 fully saturated rings. The molecule has 0 radical (unpaired) electrons. The predicted molar refractivity (Wildman–Crippen MR) is 105 cm³/mol. The zero-order valence-electron chi connectivity index (χ0n) is 14.4. The van der Waals surface area contributed by atoms with Crippen LogP contribution in [0.3, 0.4) is 0 Å². The van der Waals surface area contributed by atoms with Gasteiger partial charge in [-0.2, -0.15) is 12.6 Å². The highest BCUT2D eigenvalue weighted by Gasteiger charge is 2.27. The number of hydrogen-bond donors (Lipinski definition) is 2. The Balaban J connectivity index is 1.39. The third-order valence-corrected chi connectivity index (χ3v) is 5.75. The van der Waals surface area contributed by atoms with Crippen LogP contribution in [-0.2, 0) is 0 Å². The topological polar surface area (TPSA) is 35.6 Å². The fraction of sp³-hybridized carbons (Fsp3) is 0.450. The van der Waals surface area contributed by atoms with Crippen LogP contribution in [0.5, 0.6) is 0 Å². The average Bonchev–Trinajstić information content (AvgIpc) is 3.06. The maximum absolute atomic E-state index is 13.0. The summed E-state index contributed by atoms with van der Waals surface area (Å²) in [6.07, 6.45) is 1.14. The Bertz CT molecular complexity index is 752. The molecule has 2 heterocycles. The molecule has 25 heavy (non-hydrogen) atoms. The van der Waals surface area contributed by atoms with E-state index in [1.807, 2.05) is 35.2 Å². The summed E-state index contributed by atoms with van der Waals surface area (Å²) in [4.78, 5) is 17.5. The number of nitrogens with zero attached hydrogens (tertiary/aromatic N) is 2. The molecule has 2 aliphatic rings. The molecular weight excluding hydrogens is 330 g/mol. The smallest absolute Gasteiger partial charge is 0.254 e. The molecule has 2 aliphatic heterocycles. The highest BCUT2D eigenvalue weighted by molar-refractivity contribution is 7.81. The number of thiol groups is 1. The number of piperazine rings is 1. The first-order valence-electron chi connectivity index (χ1n) is 9.11. The third-order valence-electron chi connectivity index (χ3n) is 5.36. The van der Waals surface area contributed by atoms with E-state index >= 15 is 0 Å². The van der Waals surface area contributed by atoms with Gasteiger partial charge in [0.15, 0.2) is 0 Å². The second-order valence-electron chi connectivity index (χ2n) is 7.11. The van der Waals surface area contributed by atoms with Crippen LogP contribution in [-0.4, -0.2) is 66.3 Å². The highest BCUT2D eigenvalue weighted by Crippen LogP contribution is 2.21. The van der Waals surface area contributed by atoms with E-state index in [1.54, 1.807) is 0 Å². The van der Waals surface area contributed by atoms with Crippen molar-refractivity contribution in [2.45, 2.75) is 17.7 Å². The van der Waals surface area contributed by atoms with Crippen LogP contribution in [0.25, 0.3) is 10.8 Å². The second-order valence-corrected chi connectivity index (χ2v) is 7.84. The minimum absolute atomic E-state index is 0.158. The number of amides is 1. The second kappa shape index (κ2) is 7.36. The van der Waals surface area contributed by atoms with Crippen molar-refractivity contribution in [1.82, 2.24) is 15.1 Å². The van der Waals surface area contributed by atoms with Gasteiger partial charge >= 0.3 is 0 Å². The van der Waals surface area contributed by atoms with Gasteiger partial charge in [0.2, 0.25) is 0 Å². The summed E-state index contributed by atoms with van der Waals surface area (Å²) in [7, 11) is 0. The van der Waals surface area contributed by atoms with E-state index in [0.717, 1.165) is 62.0 Å². The zero-order chi connectivity index (χ0) is 17.2. The van der Waals surface area contributed by atoms with E-state index in [-0.39, 0.29) is 5.91 Å². The Morgan fingerprint density at radius 3 is 2.60 bits per heavy atom. The maximum atomic E-state index is 13.0. The standard InChI is InChI=1S/C20H25N3OS/c24-20(19-7-3-5-15-4-1-2-6-18(15)19)23-10-8-22(9-11-23)14-16-12-17(25)13-21-16/h1-7,16-17,21,25H,8-14H2/t16-,17+/m0/s1. The summed E-state index contributed by atoms with van der Waals surface area (Å²) in [6.45, 7) is 5.58. The van der Waals surface area contributed by atoms with E-state index in [4.69, 9.17) is 0 Å². The minimum Gasteiger partial charge on any atom is -0.336 e. The molecule has 0 unspecified atom stereocenters. The Kier molecular flexibility index (Phi) is 4.97. The molecule has 2 atom stereocenters. The molecule has 0 spiro atoms. The first kappa shape index (κ1) is 16.9. The largest absolute Gasteiger partial charge is 0.336 e. The van der Waals surface area contributed by atoms with Gasteiger partial charge < -0.3 is 10.2 Å². The van der Waals surface area contributed by atoms with E-state index < -0.39 is 0 Å². The average molecular weight is 356 g/mol. The molecule has 0 aliphatic carbocycles. The number of carbonyl (C=O) groups is 1. The molecule has 2 saturated heterocycles. The Morgan fingerprint density at radius 2 is 1.84 bits per heavy atom. The van der Waals surface area contributed by atoms with Crippen molar-refractivity contribution in [1.29, 1.82) is 0 Å². The molecule has 0 aromatic heterocycles. The molecule has 0 saturated carbocycles. The Hall–Kier alpha value is -1.56. The van der Waals surface area contributed by atoms with Crippen LogP contribution >= 0.6 is 12.6 Å². The normalized spacial score (nSPS) is 24.8. The molecular formula is C20H25N3OS. The monoisotopic (exact) mass is 355 g/mol. The van der Waals surface area contributed by atoms with Crippen LogP contribution in [0.4, 0.5) is 0 Å². The van der Waals surface area contributed by atoms with Crippen LogP contribution in [0.15, 0.2) is 42.5 Å². The summed E-state index contributed by atoms with van der Waals surface area (Å²) < 4.78 is 0. The molecule has 2 aromatic carbocycles. The summed E-state index contributed by atoms with van der Waals surface area (Å²) in [6, 6.07) is 14.7. The SMILES string of the molecule is O=C(c1cccc2ccccc12)N1CCN(C[C@@H]2C[C@@H](S)CN2)CC1. The van der Waals surface area contributed by atoms with Crippen LogP contribution in [0, 0.1) is 0 Å². The molecule has 0 bridgehead atoms. The number of hydrogen-bond acceptors (Lipinski definition) is 4. The highest BCUT2D eigenvalue weighted by atomic mass is 32.1. The number of nitrogens with one attached hydrogen (secondary N) is 1. The maximum Gasteiger partial charge on any atom is 0.254 e. The van der Waals surface area contributed by atoms with Gasteiger partial charge in [0.25, 0.3) is 5.91 Å². The van der Waals surface area contributed by atoms with Crippen molar-refractivity contribution >= 4 is 29.3 Å². The Morgan fingerprint density at radius 1 is 1.08 bits per heavy atom. The fourth-order valence-electron chi connectivity index (χ4n) is 3.96. The molecule has 132 valence electrons. The summed E-state index contributed by atoms with van der Waals surface area (Å²) in [5, 5.41) is 6.19. The summed E-state index contributed by atoms with van der Waals surface area (Å²) >= 11 is 4.55. The van der Waals surface area contributed by atoms with Gasteiger partial charge in [-0.05, 0) is 23.3 Å². The lowest BCUT2D eigenvalue weighted by molar-refractivity contribution is 0.0630. The fourth-order valence-corrected chi connectivity index (χ4v) is 4.32. The molecule has 2 aromatic rings. The number of rotatable bonds is 3. The van der Waals surface area contributed by atoms with Gasteiger partial charge in [-0.1, -0.05) is 36.4 Å². The number of carbonyl (C=O) groups excluding carboxylic acids is 1. The quantitative estimate of drug-likeness (QED) is 0.829. The van der Waals surface area contributed by atoms with E-state index in [1.165, 1.54) is 0 Å². The van der Waals surface area contributed by atoms with Crippen molar-refractivity contribution in [2.24, 2.45) is 0 Å². The molecule has 4 rings (SSSR count). The lowest BCUT2D eigenvalue weighted by Gasteiger charge is -2.36. The van der Waals surface area contributed by atoms with Gasteiger partial charge in [0.1, 0.15) is 0 Å². The molecule has 5 heteroatoms. The van der Waals surface area contributed by atoms with Gasteiger partial charge in [-0.25, -0.2) is 0 Å². The predicted octanol–water partition coefficient (Wildman–Crippen LogP) is 2.26. The Labute approximate surface area is 154 Å². The van der Waals surface area contributed by atoms with E-state index in [2.05, 4.69) is 35.0 Å². The summed E-state index contributed by atoms with van der Waals surface area (Å²) in [5.41, 5.74) is 0.821. The van der Waals surface area contributed by atoms with E-state index in [9.17, 15) is 4.79 Å².